The Labute approximate surface area is 172 Å². The molecule has 0 fully saturated rings. The van der Waals surface area contributed by atoms with Gasteiger partial charge in [-0.15, -0.1) is 0 Å². The van der Waals surface area contributed by atoms with Crippen LogP contribution >= 0.6 is 0 Å². The molecule has 2 aromatic carbocycles. The average molecular weight is 392 g/mol. The maximum atomic E-state index is 5.36. The molecule has 3 aromatic rings. The standard InChI is InChI=1S/C23H29N5O/c1-3-29-15-13-26-23(24-2)27-16-21-6-4-5-7-22(21)20-10-8-19(9-11-20)17-28-14-12-25-18-28/h4-12,14,18H,3,13,15-17H2,1-2H3,(H2,24,26,27). The number of nitrogens with zero attached hydrogens (tertiary/aromatic N) is 3. The van der Waals surface area contributed by atoms with E-state index in [4.69, 9.17) is 4.74 Å². The molecule has 29 heavy (non-hydrogen) atoms. The molecule has 0 aliphatic heterocycles. The zero-order valence-corrected chi connectivity index (χ0v) is 17.1. The van der Waals surface area contributed by atoms with Gasteiger partial charge in [0.05, 0.1) is 12.9 Å². The predicted molar refractivity (Wildman–Crippen MR) is 118 cm³/mol. The summed E-state index contributed by atoms with van der Waals surface area (Å²) in [5.74, 6) is 0.773. The average Bonchev–Trinajstić information content (AvgIpc) is 3.27. The van der Waals surface area contributed by atoms with Crippen molar-refractivity contribution in [3.8, 4) is 11.1 Å². The molecule has 0 spiro atoms. The summed E-state index contributed by atoms with van der Waals surface area (Å²) in [6, 6.07) is 17.2. The minimum Gasteiger partial charge on any atom is -0.380 e. The third-order valence-electron chi connectivity index (χ3n) is 4.62. The number of rotatable bonds is 9. The Morgan fingerprint density at radius 2 is 1.93 bits per heavy atom. The maximum absolute atomic E-state index is 5.36. The van der Waals surface area contributed by atoms with Crippen molar-refractivity contribution in [3.05, 3.63) is 78.4 Å². The number of imidazole rings is 1. The molecule has 0 saturated carbocycles. The van der Waals surface area contributed by atoms with Crippen molar-refractivity contribution >= 4 is 5.96 Å². The quantitative estimate of drug-likeness (QED) is 0.334. The second kappa shape index (κ2) is 11.0. The van der Waals surface area contributed by atoms with Crippen LogP contribution in [0.15, 0.2) is 72.2 Å². The number of nitrogens with one attached hydrogen (secondary N) is 2. The summed E-state index contributed by atoms with van der Waals surface area (Å²) in [4.78, 5) is 8.38. The fraction of sp³-hybridized carbons (Fsp3) is 0.304. The van der Waals surface area contributed by atoms with Gasteiger partial charge in [0.15, 0.2) is 5.96 Å². The van der Waals surface area contributed by atoms with Crippen molar-refractivity contribution in [2.75, 3.05) is 26.8 Å². The van der Waals surface area contributed by atoms with Gasteiger partial charge in [0.1, 0.15) is 0 Å². The van der Waals surface area contributed by atoms with Crippen molar-refractivity contribution in [1.29, 1.82) is 0 Å². The molecule has 0 aliphatic carbocycles. The van der Waals surface area contributed by atoms with Crippen molar-refractivity contribution in [1.82, 2.24) is 20.2 Å². The normalized spacial score (nSPS) is 11.4. The molecule has 6 nitrogen and oxygen atoms in total. The van der Waals surface area contributed by atoms with E-state index in [2.05, 4.69) is 73.7 Å². The highest BCUT2D eigenvalue weighted by Gasteiger charge is 2.06. The fourth-order valence-corrected chi connectivity index (χ4v) is 3.12. The van der Waals surface area contributed by atoms with Gasteiger partial charge in [0.2, 0.25) is 0 Å². The zero-order chi connectivity index (χ0) is 20.3. The molecule has 0 amide bonds. The first kappa shape index (κ1) is 20.6. The molecule has 0 bridgehead atoms. The number of hydrogen-bond acceptors (Lipinski definition) is 3. The van der Waals surface area contributed by atoms with Crippen LogP contribution in [0.25, 0.3) is 11.1 Å². The van der Waals surface area contributed by atoms with E-state index < -0.39 is 0 Å². The Morgan fingerprint density at radius 3 is 2.66 bits per heavy atom. The van der Waals surface area contributed by atoms with Gasteiger partial charge < -0.3 is 19.9 Å². The third kappa shape index (κ3) is 6.19. The number of aromatic nitrogens is 2. The number of benzene rings is 2. The van der Waals surface area contributed by atoms with Crippen LogP contribution in [-0.4, -0.2) is 42.3 Å². The summed E-state index contributed by atoms with van der Waals surface area (Å²) in [6.45, 7) is 5.64. The molecule has 1 aromatic heterocycles. The molecule has 1 heterocycles. The first-order valence-electron chi connectivity index (χ1n) is 9.95. The lowest BCUT2D eigenvalue weighted by Crippen LogP contribution is -2.38. The van der Waals surface area contributed by atoms with Gasteiger partial charge in [-0.05, 0) is 29.2 Å². The zero-order valence-electron chi connectivity index (χ0n) is 17.1. The highest BCUT2D eigenvalue weighted by Crippen LogP contribution is 2.24. The number of aliphatic imine (C=N–C) groups is 1. The van der Waals surface area contributed by atoms with Gasteiger partial charge in [0.25, 0.3) is 0 Å². The molecule has 0 atom stereocenters. The Morgan fingerprint density at radius 1 is 1.10 bits per heavy atom. The lowest BCUT2D eigenvalue weighted by atomic mass is 9.98. The highest BCUT2D eigenvalue weighted by atomic mass is 16.5. The molecular weight excluding hydrogens is 362 g/mol. The lowest BCUT2D eigenvalue weighted by molar-refractivity contribution is 0.152. The SMILES string of the molecule is CCOCCNC(=NC)NCc1ccccc1-c1ccc(Cn2ccnc2)cc1. The van der Waals surface area contributed by atoms with Crippen LogP contribution in [0.3, 0.4) is 0 Å². The largest absolute Gasteiger partial charge is 0.380 e. The molecule has 3 rings (SSSR count). The summed E-state index contributed by atoms with van der Waals surface area (Å²) in [5.41, 5.74) is 4.90. The maximum Gasteiger partial charge on any atom is 0.191 e. The van der Waals surface area contributed by atoms with E-state index in [9.17, 15) is 0 Å². The second-order valence-electron chi connectivity index (χ2n) is 6.64. The molecule has 2 N–H and O–H groups in total. The molecule has 0 radical (unpaired) electrons. The number of guanidine groups is 1. The summed E-state index contributed by atoms with van der Waals surface area (Å²) in [7, 11) is 1.78. The van der Waals surface area contributed by atoms with Crippen molar-refractivity contribution in [3.63, 3.8) is 0 Å². The van der Waals surface area contributed by atoms with Crippen LogP contribution < -0.4 is 10.6 Å². The van der Waals surface area contributed by atoms with Crippen LogP contribution in [0.1, 0.15) is 18.1 Å². The van der Waals surface area contributed by atoms with Gasteiger partial charge in [-0.2, -0.15) is 0 Å². The highest BCUT2D eigenvalue weighted by molar-refractivity contribution is 5.80. The smallest absolute Gasteiger partial charge is 0.191 e. The minimum absolute atomic E-state index is 0.666. The Balaban J connectivity index is 1.64. The van der Waals surface area contributed by atoms with E-state index in [1.54, 1.807) is 13.2 Å². The van der Waals surface area contributed by atoms with Crippen molar-refractivity contribution in [2.45, 2.75) is 20.0 Å². The van der Waals surface area contributed by atoms with E-state index in [0.717, 1.165) is 25.7 Å². The summed E-state index contributed by atoms with van der Waals surface area (Å²) >= 11 is 0. The van der Waals surface area contributed by atoms with E-state index in [0.29, 0.717) is 13.2 Å². The van der Waals surface area contributed by atoms with Gasteiger partial charge in [-0.1, -0.05) is 48.5 Å². The van der Waals surface area contributed by atoms with Gasteiger partial charge in [-0.25, -0.2) is 4.98 Å². The van der Waals surface area contributed by atoms with Gasteiger partial charge in [-0.3, -0.25) is 4.99 Å². The van der Waals surface area contributed by atoms with Crippen molar-refractivity contribution in [2.24, 2.45) is 4.99 Å². The first-order chi connectivity index (χ1) is 14.3. The Bertz CT molecular complexity index is 888. The van der Waals surface area contributed by atoms with E-state index >= 15 is 0 Å². The third-order valence-corrected chi connectivity index (χ3v) is 4.62. The van der Waals surface area contributed by atoms with E-state index in [1.807, 2.05) is 19.4 Å². The minimum atomic E-state index is 0.666. The van der Waals surface area contributed by atoms with E-state index in [-0.39, 0.29) is 0 Å². The molecule has 0 aliphatic rings. The molecule has 0 unspecified atom stereocenters. The Kier molecular flexibility index (Phi) is 7.83. The van der Waals surface area contributed by atoms with Gasteiger partial charge >= 0.3 is 0 Å². The Hall–Kier alpha value is -3.12. The topological polar surface area (TPSA) is 63.5 Å². The van der Waals surface area contributed by atoms with Crippen LogP contribution in [0.2, 0.25) is 0 Å². The summed E-state index contributed by atoms with van der Waals surface area (Å²) in [5, 5.41) is 6.66. The first-order valence-corrected chi connectivity index (χ1v) is 9.95. The summed E-state index contributed by atoms with van der Waals surface area (Å²) < 4.78 is 7.43. The monoisotopic (exact) mass is 391 g/mol. The van der Waals surface area contributed by atoms with Gasteiger partial charge in [0, 0.05) is 45.7 Å². The van der Waals surface area contributed by atoms with E-state index in [1.165, 1.54) is 22.3 Å². The molecule has 6 heteroatoms. The molecule has 0 saturated heterocycles. The summed E-state index contributed by atoms with van der Waals surface area (Å²) in [6.07, 6.45) is 5.62. The number of ether oxygens (including phenoxy) is 1. The lowest BCUT2D eigenvalue weighted by Gasteiger charge is -2.15. The second-order valence-corrected chi connectivity index (χ2v) is 6.64. The molecule has 152 valence electrons. The van der Waals surface area contributed by atoms with Crippen LogP contribution in [-0.2, 0) is 17.8 Å². The van der Waals surface area contributed by atoms with Crippen LogP contribution in [0, 0.1) is 0 Å². The van der Waals surface area contributed by atoms with Crippen molar-refractivity contribution < 1.29 is 4.74 Å². The fourth-order valence-electron chi connectivity index (χ4n) is 3.12. The predicted octanol–water partition coefficient (Wildman–Crippen LogP) is 3.30. The van der Waals surface area contributed by atoms with Crippen LogP contribution in [0.5, 0.6) is 0 Å². The molecular formula is C23H29N5O. The van der Waals surface area contributed by atoms with Crippen LogP contribution in [0.4, 0.5) is 0 Å². The number of hydrogen-bond donors (Lipinski definition) is 2.